The van der Waals surface area contributed by atoms with E-state index >= 15 is 0 Å². The summed E-state index contributed by atoms with van der Waals surface area (Å²) in [5.41, 5.74) is 2.98. The molecular formula is C19H17N3O4S. The van der Waals surface area contributed by atoms with Crippen LogP contribution in [0.3, 0.4) is 0 Å². The zero-order valence-electron chi connectivity index (χ0n) is 14.8. The van der Waals surface area contributed by atoms with Crippen LogP contribution in [-0.2, 0) is 4.79 Å². The highest BCUT2D eigenvalue weighted by Gasteiger charge is 2.16. The second-order valence-electron chi connectivity index (χ2n) is 5.90. The Hall–Kier alpha value is -3.26. The minimum Gasteiger partial charge on any atom is -0.477 e. The average molecular weight is 383 g/mol. The van der Waals surface area contributed by atoms with Gasteiger partial charge in [0, 0.05) is 22.7 Å². The van der Waals surface area contributed by atoms with E-state index in [4.69, 9.17) is 4.74 Å². The van der Waals surface area contributed by atoms with Crippen LogP contribution in [0.5, 0.6) is 5.75 Å². The van der Waals surface area contributed by atoms with E-state index in [9.17, 15) is 14.9 Å². The Morgan fingerprint density at radius 2 is 2.07 bits per heavy atom. The molecule has 7 nitrogen and oxygen atoms in total. The van der Waals surface area contributed by atoms with Gasteiger partial charge in [0.15, 0.2) is 12.4 Å². The van der Waals surface area contributed by atoms with Gasteiger partial charge in [0.05, 0.1) is 15.6 Å². The number of carbonyl (C=O) groups is 1. The van der Waals surface area contributed by atoms with Crippen LogP contribution in [0.15, 0.2) is 47.8 Å². The van der Waals surface area contributed by atoms with Crippen molar-refractivity contribution in [3.8, 4) is 17.0 Å². The predicted molar refractivity (Wildman–Crippen MR) is 104 cm³/mol. The van der Waals surface area contributed by atoms with Gasteiger partial charge >= 0.3 is 5.69 Å². The molecule has 138 valence electrons. The lowest BCUT2D eigenvalue weighted by Crippen LogP contribution is -2.20. The maximum absolute atomic E-state index is 12.2. The molecule has 0 spiro atoms. The number of ether oxygens (including phenoxy) is 1. The highest BCUT2D eigenvalue weighted by Crippen LogP contribution is 2.28. The number of rotatable bonds is 6. The van der Waals surface area contributed by atoms with Crippen molar-refractivity contribution in [2.45, 2.75) is 13.8 Å². The third-order valence-electron chi connectivity index (χ3n) is 3.73. The number of nitrogens with one attached hydrogen (secondary N) is 1. The highest BCUT2D eigenvalue weighted by atomic mass is 32.1. The second kappa shape index (κ2) is 7.96. The standard InChI is InChI=1S/C19H17N3O4S/c1-12-6-7-17(22(24)25)18(8-12)26-10-19(23)21-15-5-3-4-14(9-15)16-11-27-13(2)20-16/h3-9,11H,10H2,1-2H3,(H,21,23). The maximum Gasteiger partial charge on any atom is 0.310 e. The van der Waals surface area contributed by atoms with Crippen LogP contribution in [0, 0.1) is 24.0 Å². The Kier molecular flexibility index (Phi) is 5.46. The number of nitrogens with zero attached hydrogens (tertiary/aromatic N) is 2. The van der Waals surface area contributed by atoms with Crippen molar-refractivity contribution in [1.29, 1.82) is 0 Å². The van der Waals surface area contributed by atoms with E-state index in [1.165, 1.54) is 12.1 Å². The lowest BCUT2D eigenvalue weighted by atomic mass is 10.1. The number of anilines is 1. The van der Waals surface area contributed by atoms with E-state index in [-0.39, 0.29) is 18.0 Å². The van der Waals surface area contributed by atoms with Crippen molar-refractivity contribution in [3.05, 3.63) is 68.5 Å². The van der Waals surface area contributed by atoms with E-state index in [2.05, 4.69) is 10.3 Å². The summed E-state index contributed by atoms with van der Waals surface area (Å²) in [4.78, 5) is 27.1. The molecular weight excluding hydrogens is 366 g/mol. The normalized spacial score (nSPS) is 10.4. The van der Waals surface area contributed by atoms with Crippen molar-refractivity contribution in [3.63, 3.8) is 0 Å². The molecule has 8 heteroatoms. The SMILES string of the molecule is Cc1ccc([N+](=O)[O-])c(OCC(=O)Nc2cccc(-c3csc(C)n3)c2)c1. The molecule has 0 bridgehead atoms. The third kappa shape index (κ3) is 4.68. The Bertz CT molecular complexity index is 1000. The van der Waals surface area contributed by atoms with E-state index in [1.807, 2.05) is 30.5 Å². The molecule has 0 aliphatic carbocycles. The molecule has 0 saturated heterocycles. The van der Waals surface area contributed by atoms with Crippen molar-refractivity contribution < 1.29 is 14.5 Å². The summed E-state index contributed by atoms with van der Waals surface area (Å²) in [7, 11) is 0. The lowest BCUT2D eigenvalue weighted by molar-refractivity contribution is -0.385. The van der Waals surface area contributed by atoms with Crippen LogP contribution in [0.2, 0.25) is 0 Å². The molecule has 0 radical (unpaired) electrons. The number of nitro groups is 1. The molecule has 1 aromatic heterocycles. The number of thiazole rings is 1. The van der Waals surface area contributed by atoms with Gasteiger partial charge in [0.1, 0.15) is 0 Å². The monoisotopic (exact) mass is 383 g/mol. The molecule has 27 heavy (non-hydrogen) atoms. The summed E-state index contributed by atoms with van der Waals surface area (Å²) in [6.45, 7) is 3.40. The number of amides is 1. The maximum atomic E-state index is 12.2. The predicted octanol–water partition coefficient (Wildman–Crippen LogP) is 4.35. The Morgan fingerprint density at radius 1 is 1.26 bits per heavy atom. The van der Waals surface area contributed by atoms with Gasteiger partial charge in [0.25, 0.3) is 5.91 Å². The van der Waals surface area contributed by atoms with Crippen molar-refractivity contribution in [2.75, 3.05) is 11.9 Å². The quantitative estimate of drug-likeness (QED) is 0.504. The van der Waals surface area contributed by atoms with Gasteiger partial charge in [-0.2, -0.15) is 0 Å². The molecule has 3 rings (SSSR count). The molecule has 0 aliphatic heterocycles. The zero-order valence-corrected chi connectivity index (χ0v) is 15.6. The molecule has 1 amide bonds. The van der Waals surface area contributed by atoms with Gasteiger partial charge in [-0.3, -0.25) is 14.9 Å². The van der Waals surface area contributed by atoms with Gasteiger partial charge in [-0.15, -0.1) is 11.3 Å². The molecule has 0 aliphatic rings. The number of benzene rings is 2. The molecule has 0 atom stereocenters. The molecule has 1 N–H and O–H groups in total. The second-order valence-corrected chi connectivity index (χ2v) is 6.96. The summed E-state index contributed by atoms with van der Waals surface area (Å²) in [5.74, 6) is -0.334. The number of nitro benzene ring substituents is 1. The summed E-state index contributed by atoms with van der Waals surface area (Å²) in [6, 6.07) is 11.8. The Morgan fingerprint density at radius 3 is 2.78 bits per heavy atom. The van der Waals surface area contributed by atoms with Crippen LogP contribution in [0.4, 0.5) is 11.4 Å². The fourth-order valence-electron chi connectivity index (χ4n) is 2.48. The fourth-order valence-corrected chi connectivity index (χ4v) is 3.10. The number of carbonyl (C=O) groups excluding carboxylic acids is 1. The lowest BCUT2D eigenvalue weighted by Gasteiger charge is -2.09. The van der Waals surface area contributed by atoms with Gasteiger partial charge < -0.3 is 10.1 Å². The van der Waals surface area contributed by atoms with Crippen LogP contribution in [0.1, 0.15) is 10.6 Å². The Labute approximate surface area is 159 Å². The summed E-state index contributed by atoms with van der Waals surface area (Å²) in [5, 5.41) is 16.7. The van der Waals surface area contributed by atoms with E-state index in [1.54, 1.807) is 30.4 Å². The van der Waals surface area contributed by atoms with Crippen LogP contribution in [0.25, 0.3) is 11.3 Å². The van der Waals surface area contributed by atoms with Gasteiger partial charge in [-0.25, -0.2) is 4.98 Å². The largest absolute Gasteiger partial charge is 0.477 e. The average Bonchev–Trinajstić information content (AvgIpc) is 3.06. The minimum atomic E-state index is -0.536. The van der Waals surface area contributed by atoms with Crippen LogP contribution >= 0.6 is 11.3 Å². The molecule has 1 heterocycles. The van der Waals surface area contributed by atoms with Crippen LogP contribution < -0.4 is 10.1 Å². The molecule has 2 aromatic carbocycles. The highest BCUT2D eigenvalue weighted by molar-refractivity contribution is 7.09. The van der Waals surface area contributed by atoms with Crippen molar-refractivity contribution in [1.82, 2.24) is 4.98 Å². The number of aromatic nitrogens is 1. The summed E-state index contributed by atoms with van der Waals surface area (Å²) in [6.07, 6.45) is 0. The third-order valence-corrected chi connectivity index (χ3v) is 4.51. The number of hydrogen-bond donors (Lipinski definition) is 1. The fraction of sp³-hybridized carbons (Fsp3) is 0.158. The first-order valence-corrected chi connectivity index (χ1v) is 9.00. The summed E-state index contributed by atoms with van der Waals surface area (Å²) >= 11 is 1.56. The minimum absolute atomic E-state index is 0.0712. The number of aryl methyl sites for hydroxylation is 2. The van der Waals surface area contributed by atoms with E-state index in [0.29, 0.717) is 5.69 Å². The van der Waals surface area contributed by atoms with Gasteiger partial charge in [-0.05, 0) is 37.6 Å². The van der Waals surface area contributed by atoms with Crippen molar-refractivity contribution in [2.24, 2.45) is 0 Å². The first-order valence-electron chi connectivity index (χ1n) is 8.12. The van der Waals surface area contributed by atoms with Gasteiger partial charge in [-0.1, -0.05) is 18.2 Å². The molecule has 0 saturated carbocycles. The smallest absolute Gasteiger partial charge is 0.310 e. The topological polar surface area (TPSA) is 94.4 Å². The molecule has 0 unspecified atom stereocenters. The van der Waals surface area contributed by atoms with E-state index < -0.39 is 10.8 Å². The first kappa shape index (κ1) is 18.5. The van der Waals surface area contributed by atoms with E-state index in [0.717, 1.165) is 21.8 Å². The van der Waals surface area contributed by atoms with Crippen molar-refractivity contribution >= 4 is 28.6 Å². The molecule has 3 aromatic rings. The number of hydrogen-bond acceptors (Lipinski definition) is 6. The first-order chi connectivity index (χ1) is 12.9. The Balaban J connectivity index is 1.67. The van der Waals surface area contributed by atoms with Crippen LogP contribution in [-0.4, -0.2) is 22.4 Å². The molecule has 0 fully saturated rings. The van der Waals surface area contributed by atoms with Gasteiger partial charge in [0.2, 0.25) is 0 Å². The summed E-state index contributed by atoms with van der Waals surface area (Å²) < 4.78 is 5.37. The zero-order chi connectivity index (χ0) is 19.4.